The Balaban J connectivity index is 1.27. The minimum absolute atomic E-state index is 0.0197. The van der Waals surface area contributed by atoms with Crippen LogP contribution in [-0.4, -0.2) is 34.9 Å². The van der Waals surface area contributed by atoms with E-state index in [1.54, 1.807) is 12.4 Å². The van der Waals surface area contributed by atoms with E-state index in [9.17, 15) is 9.59 Å². The maximum atomic E-state index is 12.1. The molecule has 0 atom stereocenters. The molecule has 0 fully saturated rings. The van der Waals surface area contributed by atoms with Crippen molar-refractivity contribution in [1.82, 2.24) is 20.6 Å². The van der Waals surface area contributed by atoms with Gasteiger partial charge in [0.05, 0.1) is 0 Å². The summed E-state index contributed by atoms with van der Waals surface area (Å²) in [5.74, 6) is 1.22. The molecule has 3 aromatic rings. The Morgan fingerprint density at radius 3 is 1.66 bits per heavy atom. The first-order valence-electron chi connectivity index (χ1n) is 10.8. The fourth-order valence-electron chi connectivity index (χ4n) is 4.11. The molecule has 0 saturated heterocycles. The molecule has 0 aliphatic carbocycles. The van der Waals surface area contributed by atoms with E-state index in [1.807, 2.05) is 36.4 Å². The number of hydrogen-bond donors (Lipinski definition) is 4. The second-order valence-electron chi connectivity index (χ2n) is 7.96. The van der Waals surface area contributed by atoms with Gasteiger partial charge in [-0.05, 0) is 47.2 Å². The molecule has 1 aromatic heterocycles. The van der Waals surface area contributed by atoms with Crippen molar-refractivity contribution >= 4 is 23.5 Å². The van der Waals surface area contributed by atoms with Crippen LogP contribution in [0.15, 0.2) is 48.8 Å². The number of benzene rings is 2. The molecule has 5 rings (SSSR count). The van der Waals surface area contributed by atoms with Gasteiger partial charge in [0.25, 0.3) is 11.8 Å². The normalized spacial score (nSPS) is 14.6. The lowest BCUT2D eigenvalue weighted by Gasteiger charge is -2.18. The van der Waals surface area contributed by atoms with Crippen molar-refractivity contribution in [1.29, 1.82) is 0 Å². The minimum atomic E-state index is -0.0197. The van der Waals surface area contributed by atoms with Crippen molar-refractivity contribution in [3.63, 3.8) is 0 Å². The fraction of sp³-hybridized carbons (Fsp3) is 0.250. The van der Waals surface area contributed by atoms with Crippen molar-refractivity contribution in [3.05, 3.63) is 82.2 Å². The Morgan fingerprint density at radius 2 is 1.19 bits per heavy atom. The Labute approximate surface area is 185 Å². The second kappa shape index (κ2) is 8.66. The predicted molar refractivity (Wildman–Crippen MR) is 122 cm³/mol. The summed E-state index contributed by atoms with van der Waals surface area (Å²) >= 11 is 0. The van der Waals surface area contributed by atoms with Crippen LogP contribution in [0.1, 0.15) is 43.0 Å². The summed E-state index contributed by atoms with van der Waals surface area (Å²) < 4.78 is 0. The quantitative estimate of drug-likeness (QED) is 0.480. The molecular weight excluding hydrogens is 404 g/mol. The largest absolute Gasteiger partial charge is 0.363 e. The first-order chi connectivity index (χ1) is 15.7. The monoisotopic (exact) mass is 428 g/mol. The Kier molecular flexibility index (Phi) is 5.41. The third-order valence-corrected chi connectivity index (χ3v) is 5.82. The van der Waals surface area contributed by atoms with E-state index in [0.717, 1.165) is 46.2 Å². The van der Waals surface area contributed by atoms with Crippen LogP contribution in [-0.2, 0) is 25.9 Å². The molecule has 4 N–H and O–H groups in total. The zero-order valence-corrected chi connectivity index (χ0v) is 17.6. The lowest BCUT2D eigenvalue weighted by molar-refractivity contribution is 0.0937. The van der Waals surface area contributed by atoms with Crippen LogP contribution in [0.3, 0.4) is 0 Å². The first kappa shape index (κ1) is 20.0. The third-order valence-electron chi connectivity index (χ3n) is 5.82. The molecule has 2 amide bonds. The van der Waals surface area contributed by atoms with Crippen LogP contribution in [0.25, 0.3) is 0 Å². The Morgan fingerprint density at radius 1 is 0.719 bits per heavy atom. The van der Waals surface area contributed by atoms with Gasteiger partial charge in [0, 0.05) is 49.7 Å². The third kappa shape index (κ3) is 4.12. The summed E-state index contributed by atoms with van der Waals surface area (Å²) in [6, 6.07) is 12.0. The number of hydrogen-bond acceptors (Lipinski definition) is 6. The number of carbonyl (C=O) groups excluding carboxylic acids is 2. The summed E-state index contributed by atoms with van der Waals surface area (Å²) in [5.41, 5.74) is 5.64. The van der Waals surface area contributed by atoms with Gasteiger partial charge >= 0.3 is 0 Å². The number of amides is 2. The molecular formula is C24H24N6O2. The van der Waals surface area contributed by atoms with Gasteiger partial charge in [-0.15, -0.1) is 0 Å². The molecule has 32 heavy (non-hydrogen) atoms. The zero-order chi connectivity index (χ0) is 21.9. The zero-order valence-electron chi connectivity index (χ0n) is 17.6. The molecule has 3 heterocycles. The van der Waals surface area contributed by atoms with Crippen LogP contribution < -0.4 is 21.3 Å². The van der Waals surface area contributed by atoms with Gasteiger partial charge in [-0.1, -0.05) is 24.3 Å². The highest BCUT2D eigenvalue weighted by atomic mass is 16.2. The highest BCUT2D eigenvalue weighted by Crippen LogP contribution is 2.21. The number of aromatic nitrogens is 2. The summed E-state index contributed by atoms with van der Waals surface area (Å²) in [6.07, 6.45) is 4.99. The fourth-order valence-corrected chi connectivity index (χ4v) is 4.11. The van der Waals surface area contributed by atoms with Gasteiger partial charge < -0.3 is 21.3 Å². The van der Waals surface area contributed by atoms with Gasteiger partial charge in [0.2, 0.25) is 0 Å². The molecule has 0 unspecified atom stereocenters. The van der Waals surface area contributed by atoms with Crippen molar-refractivity contribution < 1.29 is 9.59 Å². The molecule has 2 aliphatic rings. The topological polar surface area (TPSA) is 108 Å². The van der Waals surface area contributed by atoms with Gasteiger partial charge in [-0.25, -0.2) is 9.97 Å². The smallest absolute Gasteiger partial charge is 0.251 e. The molecule has 0 saturated carbocycles. The van der Waals surface area contributed by atoms with Crippen LogP contribution in [0.4, 0.5) is 11.6 Å². The lowest BCUT2D eigenvalue weighted by Crippen LogP contribution is -2.31. The van der Waals surface area contributed by atoms with Crippen LogP contribution in [0.2, 0.25) is 0 Å². The summed E-state index contributed by atoms with van der Waals surface area (Å²) in [5, 5.41) is 12.4. The molecule has 8 heteroatoms. The van der Waals surface area contributed by atoms with Gasteiger partial charge in [-0.3, -0.25) is 9.59 Å². The average molecular weight is 428 g/mol. The lowest BCUT2D eigenvalue weighted by atomic mass is 9.98. The van der Waals surface area contributed by atoms with Crippen LogP contribution in [0, 0.1) is 0 Å². The molecule has 162 valence electrons. The van der Waals surface area contributed by atoms with Crippen molar-refractivity contribution in [2.45, 2.75) is 25.9 Å². The van der Waals surface area contributed by atoms with E-state index < -0.39 is 0 Å². The number of anilines is 2. The van der Waals surface area contributed by atoms with E-state index in [1.165, 1.54) is 0 Å². The van der Waals surface area contributed by atoms with E-state index >= 15 is 0 Å². The number of nitrogens with zero attached hydrogens (tertiary/aromatic N) is 2. The van der Waals surface area contributed by atoms with E-state index in [0.29, 0.717) is 37.8 Å². The van der Waals surface area contributed by atoms with Crippen molar-refractivity contribution in [2.75, 3.05) is 23.7 Å². The molecule has 2 aliphatic heterocycles. The molecule has 2 aromatic carbocycles. The highest BCUT2D eigenvalue weighted by Gasteiger charge is 2.18. The minimum Gasteiger partial charge on any atom is -0.363 e. The Bertz CT molecular complexity index is 1100. The SMILES string of the molecule is O=C1NCCc2ccc(CNc3nccnc3NCc3ccc4c(c3)C(=O)NCC4)cc21. The molecule has 0 bridgehead atoms. The van der Waals surface area contributed by atoms with Crippen LogP contribution >= 0.6 is 0 Å². The average Bonchev–Trinajstić information content (AvgIpc) is 2.83. The Hall–Kier alpha value is -3.94. The van der Waals surface area contributed by atoms with Crippen LogP contribution in [0.5, 0.6) is 0 Å². The number of fused-ring (bicyclic) bond motifs is 2. The van der Waals surface area contributed by atoms with E-state index in [-0.39, 0.29) is 11.8 Å². The molecule has 8 nitrogen and oxygen atoms in total. The summed E-state index contributed by atoms with van der Waals surface area (Å²) in [6.45, 7) is 2.42. The number of nitrogens with one attached hydrogen (secondary N) is 4. The van der Waals surface area contributed by atoms with Gasteiger partial charge in [0.15, 0.2) is 11.6 Å². The maximum Gasteiger partial charge on any atom is 0.251 e. The first-order valence-corrected chi connectivity index (χ1v) is 10.8. The van der Waals surface area contributed by atoms with Crippen molar-refractivity contribution in [2.24, 2.45) is 0 Å². The molecule has 0 spiro atoms. The standard InChI is InChI=1S/C24H24N6O2/c31-23-19-11-15(1-3-17(19)5-7-27-23)13-29-21-22(26-10-9-25-21)30-14-16-2-4-18-6-8-28-24(32)20(18)12-16/h1-4,9-12H,5-8,13-14H2,(H,25,29)(H,26,30)(H,27,31)(H,28,32). The molecule has 0 radical (unpaired) electrons. The predicted octanol–water partition coefficient (Wildman–Crippen LogP) is 2.27. The van der Waals surface area contributed by atoms with Crippen molar-refractivity contribution in [3.8, 4) is 0 Å². The number of rotatable bonds is 6. The van der Waals surface area contributed by atoms with E-state index in [2.05, 4.69) is 31.2 Å². The number of carbonyl (C=O) groups is 2. The second-order valence-corrected chi connectivity index (χ2v) is 7.96. The van der Waals surface area contributed by atoms with Gasteiger partial charge in [0.1, 0.15) is 0 Å². The highest BCUT2D eigenvalue weighted by molar-refractivity contribution is 5.97. The summed E-state index contributed by atoms with van der Waals surface area (Å²) in [7, 11) is 0. The summed E-state index contributed by atoms with van der Waals surface area (Å²) in [4.78, 5) is 33.0. The van der Waals surface area contributed by atoms with Gasteiger partial charge in [-0.2, -0.15) is 0 Å². The maximum absolute atomic E-state index is 12.1. The van der Waals surface area contributed by atoms with E-state index in [4.69, 9.17) is 0 Å².